The summed E-state index contributed by atoms with van der Waals surface area (Å²) in [6, 6.07) is 12.5. The van der Waals surface area contributed by atoms with Crippen molar-refractivity contribution in [2.24, 2.45) is 0 Å². The summed E-state index contributed by atoms with van der Waals surface area (Å²) in [7, 11) is -3.63. The van der Waals surface area contributed by atoms with Crippen LogP contribution < -0.4 is 9.21 Å². The number of carbonyl (C=O) groups is 1. The van der Waals surface area contributed by atoms with Crippen molar-refractivity contribution in [2.45, 2.75) is 19.9 Å². The van der Waals surface area contributed by atoms with Crippen LogP contribution in [-0.2, 0) is 14.8 Å². The number of anilines is 2. The molecule has 0 N–H and O–H groups in total. The van der Waals surface area contributed by atoms with Crippen LogP contribution in [0.25, 0.3) is 0 Å². The summed E-state index contributed by atoms with van der Waals surface area (Å²) in [6.45, 7) is 5.71. The fourth-order valence-corrected chi connectivity index (χ4v) is 4.76. The molecule has 1 saturated heterocycles. The maximum Gasteiger partial charge on any atom is 0.246 e. The number of amides is 1. The topological polar surface area (TPSA) is 60.9 Å². The largest absolute Gasteiger partial charge is 0.368 e. The zero-order valence-electron chi connectivity index (χ0n) is 16.9. The van der Waals surface area contributed by atoms with Crippen LogP contribution in [0.15, 0.2) is 48.5 Å². The Bertz CT molecular complexity index is 954. The number of benzene rings is 2. The molecule has 3 rings (SSSR count). The molecule has 0 bridgehead atoms. The van der Waals surface area contributed by atoms with E-state index in [4.69, 9.17) is 0 Å². The van der Waals surface area contributed by atoms with Gasteiger partial charge in [0.1, 0.15) is 11.9 Å². The summed E-state index contributed by atoms with van der Waals surface area (Å²) in [5.74, 6) is -0.511. The number of aryl methyl sites for hydroxylation is 1. The SMILES string of the molecule is Cc1ccc(N(C(C)C(=O)N2CCN(c3ccc(F)cc3)CC2)S(C)(=O)=O)cc1. The van der Waals surface area contributed by atoms with Gasteiger partial charge in [-0.2, -0.15) is 0 Å². The van der Waals surface area contributed by atoms with Gasteiger partial charge in [-0.3, -0.25) is 9.10 Å². The number of nitrogens with zero attached hydrogens (tertiary/aromatic N) is 3. The first-order chi connectivity index (χ1) is 13.7. The van der Waals surface area contributed by atoms with Crippen molar-refractivity contribution in [1.29, 1.82) is 0 Å². The van der Waals surface area contributed by atoms with E-state index in [0.717, 1.165) is 17.5 Å². The Labute approximate surface area is 171 Å². The van der Waals surface area contributed by atoms with Crippen molar-refractivity contribution in [3.63, 3.8) is 0 Å². The predicted octanol–water partition coefficient (Wildman–Crippen LogP) is 2.64. The highest BCUT2D eigenvalue weighted by atomic mass is 32.2. The number of rotatable bonds is 5. The van der Waals surface area contributed by atoms with E-state index in [1.807, 2.05) is 19.1 Å². The lowest BCUT2D eigenvalue weighted by Crippen LogP contribution is -2.55. The molecule has 1 unspecified atom stereocenters. The molecule has 1 amide bonds. The third-order valence-electron chi connectivity index (χ3n) is 5.14. The molecule has 0 aromatic heterocycles. The lowest BCUT2D eigenvalue weighted by molar-refractivity contribution is -0.132. The smallest absolute Gasteiger partial charge is 0.246 e. The Hall–Kier alpha value is -2.61. The molecule has 0 saturated carbocycles. The molecular formula is C21H26FN3O3S. The zero-order chi connectivity index (χ0) is 21.2. The maximum absolute atomic E-state index is 13.1. The van der Waals surface area contributed by atoms with Gasteiger partial charge in [0.25, 0.3) is 0 Å². The van der Waals surface area contributed by atoms with E-state index < -0.39 is 16.1 Å². The average Bonchev–Trinajstić information content (AvgIpc) is 2.69. The Balaban J connectivity index is 1.71. The van der Waals surface area contributed by atoms with Gasteiger partial charge in [-0.1, -0.05) is 17.7 Å². The first-order valence-electron chi connectivity index (χ1n) is 9.52. The molecule has 0 aliphatic carbocycles. The minimum Gasteiger partial charge on any atom is -0.368 e. The van der Waals surface area contributed by atoms with Crippen molar-refractivity contribution in [3.05, 3.63) is 59.9 Å². The molecule has 1 atom stereocenters. The highest BCUT2D eigenvalue weighted by Gasteiger charge is 2.33. The van der Waals surface area contributed by atoms with Crippen LogP contribution in [0, 0.1) is 12.7 Å². The van der Waals surface area contributed by atoms with Crippen molar-refractivity contribution in [3.8, 4) is 0 Å². The molecule has 8 heteroatoms. The van der Waals surface area contributed by atoms with E-state index >= 15 is 0 Å². The molecule has 2 aromatic rings. The maximum atomic E-state index is 13.1. The number of sulfonamides is 1. The predicted molar refractivity (Wildman–Crippen MR) is 113 cm³/mol. The number of piperazine rings is 1. The lowest BCUT2D eigenvalue weighted by atomic mass is 10.2. The summed E-state index contributed by atoms with van der Waals surface area (Å²) < 4.78 is 39.2. The first-order valence-corrected chi connectivity index (χ1v) is 11.4. The summed E-state index contributed by atoms with van der Waals surface area (Å²) >= 11 is 0. The van der Waals surface area contributed by atoms with Crippen LogP contribution in [-0.4, -0.2) is 57.7 Å². The highest BCUT2D eigenvalue weighted by molar-refractivity contribution is 7.92. The lowest BCUT2D eigenvalue weighted by Gasteiger charge is -2.39. The Morgan fingerprint density at radius 1 is 1.00 bits per heavy atom. The summed E-state index contributed by atoms with van der Waals surface area (Å²) in [6.07, 6.45) is 1.11. The van der Waals surface area contributed by atoms with Crippen LogP contribution in [0.1, 0.15) is 12.5 Å². The monoisotopic (exact) mass is 419 g/mol. The molecule has 1 heterocycles. The summed E-state index contributed by atoms with van der Waals surface area (Å²) in [4.78, 5) is 16.8. The molecule has 29 heavy (non-hydrogen) atoms. The second-order valence-electron chi connectivity index (χ2n) is 7.36. The van der Waals surface area contributed by atoms with Crippen molar-refractivity contribution in [1.82, 2.24) is 4.90 Å². The van der Waals surface area contributed by atoms with E-state index in [2.05, 4.69) is 4.90 Å². The number of hydrogen-bond acceptors (Lipinski definition) is 4. The van der Waals surface area contributed by atoms with E-state index in [1.165, 1.54) is 16.4 Å². The second kappa shape index (κ2) is 8.41. The Morgan fingerprint density at radius 2 is 1.55 bits per heavy atom. The zero-order valence-corrected chi connectivity index (χ0v) is 17.7. The third kappa shape index (κ3) is 4.87. The van der Waals surface area contributed by atoms with Crippen LogP contribution >= 0.6 is 0 Å². The Kier molecular flexibility index (Phi) is 6.12. The van der Waals surface area contributed by atoms with Crippen LogP contribution in [0.5, 0.6) is 0 Å². The quantitative estimate of drug-likeness (QED) is 0.748. The standard InChI is InChI=1S/C21H26FN3O3S/c1-16-4-8-20(9-5-16)25(29(3,27)28)17(2)21(26)24-14-12-23(13-15-24)19-10-6-18(22)7-11-19/h4-11,17H,12-15H2,1-3H3. The molecule has 1 fully saturated rings. The van der Waals surface area contributed by atoms with E-state index in [0.29, 0.717) is 31.9 Å². The van der Waals surface area contributed by atoms with Crippen molar-refractivity contribution >= 4 is 27.3 Å². The van der Waals surface area contributed by atoms with Gasteiger partial charge in [0.15, 0.2) is 0 Å². The number of halogens is 1. The first kappa shape index (κ1) is 21.1. The van der Waals surface area contributed by atoms with Gasteiger partial charge >= 0.3 is 0 Å². The van der Waals surface area contributed by atoms with Crippen LogP contribution in [0.2, 0.25) is 0 Å². The van der Waals surface area contributed by atoms with Crippen molar-refractivity contribution < 1.29 is 17.6 Å². The number of hydrogen-bond donors (Lipinski definition) is 0. The van der Waals surface area contributed by atoms with Crippen molar-refractivity contribution in [2.75, 3.05) is 41.6 Å². The van der Waals surface area contributed by atoms with E-state index in [-0.39, 0.29) is 11.7 Å². The molecular weight excluding hydrogens is 393 g/mol. The summed E-state index contributed by atoms with van der Waals surface area (Å²) in [5, 5.41) is 0. The minimum atomic E-state index is -3.63. The normalized spacial score (nSPS) is 15.9. The average molecular weight is 420 g/mol. The third-order valence-corrected chi connectivity index (χ3v) is 6.38. The molecule has 2 aromatic carbocycles. The van der Waals surface area contributed by atoms with Crippen LogP contribution in [0.3, 0.4) is 0 Å². The minimum absolute atomic E-state index is 0.227. The van der Waals surface area contributed by atoms with Gasteiger partial charge in [-0.15, -0.1) is 0 Å². The molecule has 0 spiro atoms. The highest BCUT2D eigenvalue weighted by Crippen LogP contribution is 2.23. The number of carbonyl (C=O) groups excluding carboxylic acids is 1. The molecule has 6 nitrogen and oxygen atoms in total. The van der Waals surface area contributed by atoms with Gasteiger partial charge in [0.2, 0.25) is 15.9 Å². The van der Waals surface area contributed by atoms with Gasteiger partial charge < -0.3 is 9.80 Å². The van der Waals surface area contributed by atoms with Gasteiger partial charge in [-0.05, 0) is 50.2 Å². The van der Waals surface area contributed by atoms with E-state index in [9.17, 15) is 17.6 Å². The molecule has 0 radical (unpaired) electrons. The van der Waals surface area contributed by atoms with Gasteiger partial charge in [0, 0.05) is 31.9 Å². The van der Waals surface area contributed by atoms with Gasteiger partial charge in [-0.25, -0.2) is 12.8 Å². The van der Waals surface area contributed by atoms with Crippen LogP contribution in [0.4, 0.5) is 15.8 Å². The molecule has 1 aliphatic heterocycles. The molecule has 1 aliphatic rings. The second-order valence-corrected chi connectivity index (χ2v) is 9.22. The summed E-state index contributed by atoms with van der Waals surface area (Å²) in [5.41, 5.74) is 2.39. The van der Waals surface area contributed by atoms with Gasteiger partial charge in [0.05, 0.1) is 11.9 Å². The molecule has 156 valence electrons. The van der Waals surface area contributed by atoms with E-state index in [1.54, 1.807) is 36.1 Å². The fourth-order valence-electron chi connectivity index (χ4n) is 3.60. The fraction of sp³-hybridized carbons (Fsp3) is 0.381. The Morgan fingerprint density at radius 3 is 2.07 bits per heavy atom.